The van der Waals surface area contributed by atoms with Crippen LogP contribution in [0.15, 0.2) is 42.5 Å². The van der Waals surface area contributed by atoms with Gasteiger partial charge in [0.25, 0.3) is 0 Å². The van der Waals surface area contributed by atoms with E-state index >= 15 is 0 Å². The van der Waals surface area contributed by atoms with Crippen LogP contribution < -0.4 is 0 Å². The molecule has 4 atom stereocenters. The van der Waals surface area contributed by atoms with Gasteiger partial charge in [-0.3, -0.25) is 0 Å². The predicted molar refractivity (Wildman–Crippen MR) is 114 cm³/mol. The number of allylic oxidation sites excluding steroid dienone is 2. The molecule has 2 saturated carbocycles. The number of benzene rings is 2. The normalized spacial score (nSPS) is 28.6. The molecule has 27 heavy (non-hydrogen) atoms. The number of aryl methyl sites for hydroxylation is 1. The van der Waals surface area contributed by atoms with E-state index < -0.39 is 0 Å². The number of rotatable bonds is 4. The van der Waals surface area contributed by atoms with Crippen LogP contribution in [0, 0.1) is 23.6 Å². The molecule has 2 aliphatic carbocycles. The highest BCUT2D eigenvalue weighted by Gasteiger charge is 2.34. The van der Waals surface area contributed by atoms with Crippen molar-refractivity contribution in [1.82, 2.24) is 0 Å². The second-order valence-corrected chi connectivity index (χ2v) is 9.08. The Balaban J connectivity index is 1.53. The molecule has 0 N–H and O–H groups in total. The van der Waals surface area contributed by atoms with Crippen LogP contribution >= 0.6 is 0 Å². The van der Waals surface area contributed by atoms with Crippen LogP contribution in [-0.2, 0) is 6.42 Å². The Morgan fingerprint density at radius 1 is 1.00 bits per heavy atom. The molecule has 0 aromatic heterocycles. The van der Waals surface area contributed by atoms with E-state index in [4.69, 9.17) is 0 Å². The summed E-state index contributed by atoms with van der Waals surface area (Å²) in [6, 6.07) is 10.6. The Labute approximate surface area is 163 Å². The molecule has 2 aromatic carbocycles. The van der Waals surface area contributed by atoms with Crippen LogP contribution in [0.5, 0.6) is 0 Å². The molecule has 0 heterocycles. The summed E-state index contributed by atoms with van der Waals surface area (Å²) in [5.41, 5.74) is 2.27. The lowest BCUT2D eigenvalue weighted by atomic mass is 9.64. The second kappa shape index (κ2) is 8.17. The van der Waals surface area contributed by atoms with E-state index in [2.05, 4.69) is 31.2 Å². The molecule has 0 radical (unpaired) electrons. The molecule has 0 amide bonds. The molecule has 2 fully saturated rings. The fourth-order valence-electron chi connectivity index (χ4n) is 5.63. The monoisotopic (exact) mass is 364 g/mol. The Bertz CT molecular complexity index is 818. The molecule has 2 aliphatic rings. The number of hydrogen-bond donors (Lipinski definition) is 0. The fourth-order valence-corrected chi connectivity index (χ4v) is 5.63. The summed E-state index contributed by atoms with van der Waals surface area (Å²) in [4.78, 5) is 0. The van der Waals surface area contributed by atoms with Gasteiger partial charge in [-0.2, -0.15) is 0 Å². The topological polar surface area (TPSA) is 0 Å². The molecule has 0 spiro atoms. The minimum atomic E-state index is -0.0199. The Morgan fingerprint density at radius 2 is 1.81 bits per heavy atom. The third-order valence-electron chi connectivity index (χ3n) is 7.22. The summed E-state index contributed by atoms with van der Waals surface area (Å²) in [6.07, 6.45) is 14.1. The predicted octanol–water partition coefficient (Wildman–Crippen LogP) is 7.81. The van der Waals surface area contributed by atoms with E-state index in [1.165, 1.54) is 44.1 Å². The molecule has 0 bridgehead atoms. The summed E-state index contributed by atoms with van der Waals surface area (Å²) in [7, 11) is 0. The smallest absolute Gasteiger partial charge is 0.134 e. The van der Waals surface area contributed by atoms with Gasteiger partial charge in [-0.15, -0.1) is 0 Å². The van der Waals surface area contributed by atoms with Crippen LogP contribution in [-0.4, -0.2) is 0 Å². The minimum absolute atomic E-state index is 0.0199. The van der Waals surface area contributed by atoms with Crippen LogP contribution in [0.4, 0.5) is 4.39 Å². The van der Waals surface area contributed by atoms with Gasteiger partial charge in [0.2, 0.25) is 0 Å². The highest BCUT2D eigenvalue weighted by atomic mass is 19.1. The van der Waals surface area contributed by atoms with E-state index in [9.17, 15) is 4.39 Å². The van der Waals surface area contributed by atoms with Crippen molar-refractivity contribution in [3.63, 3.8) is 0 Å². The fraction of sp³-hybridized carbons (Fsp3) is 0.538. The van der Waals surface area contributed by atoms with Crippen molar-refractivity contribution in [2.24, 2.45) is 17.8 Å². The second-order valence-electron chi connectivity index (χ2n) is 9.08. The summed E-state index contributed by atoms with van der Waals surface area (Å²) in [6.45, 7) is 4.44. The van der Waals surface area contributed by atoms with Crippen molar-refractivity contribution in [1.29, 1.82) is 0 Å². The summed E-state index contributed by atoms with van der Waals surface area (Å²) < 4.78 is 14.9. The van der Waals surface area contributed by atoms with Crippen molar-refractivity contribution in [2.75, 3.05) is 0 Å². The SMILES string of the molecule is C/C=C/CCc1ccc2cc(C3CCC4CC(C)CCC4C3)ccc2c1F. The van der Waals surface area contributed by atoms with Gasteiger partial charge in [-0.25, -0.2) is 4.39 Å². The largest absolute Gasteiger partial charge is 0.206 e. The first-order valence-corrected chi connectivity index (χ1v) is 11.0. The van der Waals surface area contributed by atoms with Gasteiger partial charge in [0, 0.05) is 5.39 Å². The van der Waals surface area contributed by atoms with Crippen molar-refractivity contribution in [3.05, 3.63) is 59.4 Å². The maximum Gasteiger partial charge on any atom is 0.134 e. The maximum absolute atomic E-state index is 14.9. The van der Waals surface area contributed by atoms with E-state index in [1.807, 2.05) is 25.1 Å². The highest BCUT2D eigenvalue weighted by molar-refractivity contribution is 5.84. The van der Waals surface area contributed by atoms with Crippen LogP contribution in [0.1, 0.15) is 75.8 Å². The third kappa shape index (κ3) is 3.98. The Morgan fingerprint density at radius 3 is 2.67 bits per heavy atom. The summed E-state index contributed by atoms with van der Waals surface area (Å²) >= 11 is 0. The lowest BCUT2D eigenvalue weighted by molar-refractivity contribution is 0.124. The highest BCUT2D eigenvalue weighted by Crippen LogP contribution is 2.47. The van der Waals surface area contributed by atoms with Gasteiger partial charge in [-0.1, -0.05) is 55.8 Å². The molecule has 4 rings (SSSR count). The first-order valence-electron chi connectivity index (χ1n) is 11.0. The average molecular weight is 365 g/mol. The van der Waals surface area contributed by atoms with Gasteiger partial charge in [-0.05, 0) is 92.1 Å². The molecule has 0 saturated heterocycles. The van der Waals surface area contributed by atoms with Gasteiger partial charge < -0.3 is 0 Å². The van der Waals surface area contributed by atoms with Crippen molar-refractivity contribution in [3.8, 4) is 0 Å². The number of hydrogen-bond acceptors (Lipinski definition) is 0. The molecule has 1 heteroatoms. The molecular weight excluding hydrogens is 331 g/mol. The summed E-state index contributed by atoms with van der Waals surface area (Å²) in [5, 5.41) is 1.86. The molecule has 144 valence electrons. The van der Waals surface area contributed by atoms with Crippen molar-refractivity contribution >= 4 is 10.8 Å². The zero-order valence-corrected chi connectivity index (χ0v) is 16.9. The Kier molecular flexibility index (Phi) is 5.66. The summed E-state index contributed by atoms with van der Waals surface area (Å²) in [5.74, 6) is 3.45. The zero-order valence-electron chi connectivity index (χ0n) is 16.9. The van der Waals surface area contributed by atoms with E-state index in [-0.39, 0.29) is 5.82 Å². The lowest BCUT2D eigenvalue weighted by Gasteiger charge is -2.41. The van der Waals surface area contributed by atoms with Gasteiger partial charge in [0.05, 0.1) is 0 Å². The van der Waals surface area contributed by atoms with E-state index in [0.29, 0.717) is 5.92 Å². The minimum Gasteiger partial charge on any atom is -0.206 e. The molecule has 0 nitrogen and oxygen atoms in total. The van der Waals surface area contributed by atoms with E-state index in [1.54, 1.807) is 0 Å². The molecular formula is C26H33F. The molecule has 0 aliphatic heterocycles. The number of halogens is 1. The lowest BCUT2D eigenvalue weighted by Crippen LogP contribution is -2.29. The van der Waals surface area contributed by atoms with Gasteiger partial charge in [0.15, 0.2) is 0 Å². The first-order chi connectivity index (χ1) is 13.2. The van der Waals surface area contributed by atoms with Crippen LogP contribution in [0.25, 0.3) is 10.8 Å². The average Bonchev–Trinajstić information content (AvgIpc) is 2.69. The maximum atomic E-state index is 14.9. The quantitative estimate of drug-likeness (QED) is 0.485. The van der Waals surface area contributed by atoms with Crippen LogP contribution in [0.3, 0.4) is 0 Å². The third-order valence-corrected chi connectivity index (χ3v) is 7.22. The van der Waals surface area contributed by atoms with Gasteiger partial charge >= 0.3 is 0 Å². The van der Waals surface area contributed by atoms with Crippen molar-refractivity contribution < 1.29 is 4.39 Å². The van der Waals surface area contributed by atoms with Crippen LogP contribution in [0.2, 0.25) is 0 Å². The number of fused-ring (bicyclic) bond motifs is 2. The molecule has 4 unspecified atom stereocenters. The zero-order chi connectivity index (χ0) is 18.8. The Hall–Kier alpha value is -1.63. The standard InChI is InChI=1S/C26H33F/c1-3-4-5-6-19-9-12-24-17-23(13-14-25(24)26(19)27)22-11-10-20-15-18(2)7-8-21(20)16-22/h3-4,9,12-14,17-18,20-22H,5-8,10-11,15-16H2,1-2H3/b4-3+. The molecule has 2 aromatic rings. The van der Waals surface area contributed by atoms with Gasteiger partial charge in [0.1, 0.15) is 5.82 Å². The first kappa shape index (κ1) is 18.7. The van der Waals surface area contributed by atoms with Crippen molar-refractivity contribution in [2.45, 2.75) is 71.1 Å². The van der Waals surface area contributed by atoms with E-state index in [0.717, 1.165) is 46.9 Å².